The number of benzene rings is 1. The van der Waals surface area contributed by atoms with Crippen LogP contribution in [0, 0.1) is 18.3 Å². The topological polar surface area (TPSA) is 74.5 Å². The van der Waals surface area contributed by atoms with Crippen LogP contribution < -0.4 is 5.32 Å². The Hall–Kier alpha value is -2.20. The normalized spacial score (nSPS) is 19.8. The Morgan fingerprint density at radius 1 is 1.02 bits per heavy atom. The maximum atomic E-state index is 13.0. The summed E-state index contributed by atoms with van der Waals surface area (Å²) >= 11 is 3.16. The highest BCUT2D eigenvalue weighted by molar-refractivity contribution is 8.00. The van der Waals surface area contributed by atoms with Crippen LogP contribution in [0.5, 0.6) is 0 Å². The minimum Gasteiger partial charge on any atom is -0.444 e. The van der Waals surface area contributed by atoms with Crippen LogP contribution in [0.4, 0.5) is 5.13 Å². The minimum atomic E-state index is -0.0489. The van der Waals surface area contributed by atoms with Gasteiger partial charge in [0, 0.05) is 23.9 Å². The van der Waals surface area contributed by atoms with Gasteiger partial charge in [0.1, 0.15) is 5.76 Å². The molecule has 3 fully saturated rings. The van der Waals surface area contributed by atoms with Gasteiger partial charge < -0.3 is 14.6 Å². The van der Waals surface area contributed by atoms with E-state index in [1.807, 2.05) is 12.4 Å². The van der Waals surface area contributed by atoms with Crippen molar-refractivity contribution >= 4 is 34.1 Å². The van der Waals surface area contributed by atoms with Crippen molar-refractivity contribution in [1.29, 1.82) is 0 Å². The first-order valence-corrected chi connectivity index (χ1v) is 17.3. The molecular weight excluding hydrogens is 563 g/mol. The monoisotopic (exact) mass is 606 g/mol. The molecule has 3 aromatic rings. The lowest BCUT2D eigenvalue weighted by atomic mass is 9.92. The predicted octanol–water partition coefficient (Wildman–Crippen LogP) is 7.00. The van der Waals surface area contributed by atoms with Crippen LogP contribution in [0.15, 0.2) is 45.3 Å². The minimum absolute atomic E-state index is 0.0489. The van der Waals surface area contributed by atoms with Crippen LogP contribution in [0.25, 0.3) is 0 Å². The molecule has 2 aliphatic heterocycles. The lowest BCUT2D eigenvalue weighted by Gasteiger charge is -2.41. The molecule has 2 saturated heterocycles. The Balaban J connectivity index is 0.890. The van der Waals surface area contributed by atoms with Crippen molar-refractivity contribution in [2.24, 2.45) is 11.8 Å². The zero-order chi connectivity index (χ0) is 29.1. The summed E-state index contributed by atoms with van der Waals surface area (Å²) in [6.45, 7) is 11.7. The molecule has 0 unspecified atom stereocenters. The number of thioether (sulfide) groups is 1. The molecule has 9 heteroatoms. The highest BCUT2D eigenvalue weighted by Crippen LogP contribution is 2.35. The third-order valence-corrected chi connectivity index (χ3v) is 10.8. The molecule has 0 spiro atoms. The van der Waals surface area contributed by atoms with E-state index >= 15 is 0 Å². The molecule has 1 aromatic carbocycles. The SMILES string of the molecule is CC(C)(C)c1cnc(CSc2cnc(NC(=O)C3CCN(C4CCN(Cc5ccc([CH]C6CC6)cc5)CC4)CC3)s2)o1. The van der Waals surface area contributed by atoms with Crippen LogP contribution in [-0.2, 0) is 22.5 Å². The summed E-state index contributed by atoms with van der Waals surface area (Å²) < 4.78 is 6.94. The van der Waals surface area contributed by atoms with Crippen LogP contribution in [0.2, 0.25) is 0 Å². The summed E-state index contributed by atoms with van der Waals surface area (Å²) in [6.07, 6.45) is 13.1. The van der Waals surface area contributed by atoms with E-state index in [4.69, 9.17) is 4.42 Å². The molecule has 1 saturated carbocycles. The number of piperidine rings is 2. The van der Waals surface area contributed by atoms with Crippen molar-refractivity contribution in [3.8, 4) is 0 Å². The molecule has 1 aliphatic carbocycles. The molecule has 4 heterocycles. The van der Waals surface area contributed by atoms with Gasteiger partial charge in [0.15, 0.2) is 5.13 Å². The number of anilines is 1. The van der Waals surface area contributed by atoms with Gasteiger partial charge in [-0.25, -0.2) is 9.97 Å². The standard InChI is InChI=1S/C33H44N5O2S2/c1-33(2,3)28-19-34-29(40-28)22-41-30-20-35-32(42-30)36-31(39)26-10-16-38(17-11-26)27-12-14-37(15-13-27)21-25-8-6-24(7-9-25)18-23-4-5-23/h6-9,18-20,23,26-27H,4-5,10-17,21-22H2,1-3H3,(H,35,36,39). The number of thiazole rings is 1. The predicted molar refractivity (Wildman–Crippen MR) is 171 cm³/mol. The van der Waals surface area contributed by atoms with Crippen LogP contribution >= 0.6 is 23.1 Å². The van der Waals surface area contributed by atoms with Crippen molar-refractivity contribution in [3.63, 3.8) is 0 Å². The third kappa shape index (κ3) is 8.04. The molecule has 7 nitrogen and oxygen atoms in total. The van der Waals surface area contributed by atoms with Crippen molar-refractivity contribution in [1.82, 2.24) is 19.8 Å². The molecule has 0 atom stereocenters. The van der Waals surface area contributed by atoms with Crippen LogP contribution in [-0.4, -0.2) is 57.9 Å². The Kier molecular flexibility index (Phi) is 9.38. The number of rotatable bonds is 10. The molecule has 2 aromatic heterocycles. The first kappa shape index (κ1) is 29.9. The maximum Gasteiger partial charge on any atom is 0.229 e. The van der Waals surface area contributed by atoms with Gasteiger partial charge in [-0.2, -0.15) is 0 Å². The molecule has 1 N–H and O–H groups in total. The number of nitrogens with one attached hydrogen (secondary N) is 1. The van der Waals surface area contributed by atoms with Crippen molar-refractivity contribution in [2.75, 3.05) is 31.5 Å². The summed E-state index contributed by atoms with van der Waals surface area (Å²) in [5, 5.41) is 3.76. The van der Waals surface area contributed by atoms with E-state index in [0.29, 0.717) is 22.8 Å². The Labute approximate surface area is 258 Å². The van der Waals surface area contributed by atoms with Crippen molar-refractivity contribution in [3.05, 3.63) is 65.9 Å². The van der Waals surface area contributed by atoms with Gasteiger partial charge in [0.2, 0.25) is 11.8 Å². The van der Waals surface area contributed by atoms with Gasteiger partial charge in [-0.1, -0.05) is 56.4 Å². The molecular formula is C33H44N5O2S2. The van der Waals surface area contributed by atoms with Gasteiger partial charge in [0.05, 0.1) is 22.4 Å². The summed E-state index contributed by atoms with van der Waals surface area (Å²) in [4.78, 5) is 27.1. The van der Waals surface area contributed by atoms with Gasteiger partial charge in [-0.05, 0) is 88.2 Å². The molecule has 42 heavy (non-hydrogen) atoms. The molecule has 3 aliphatic rings. The van der Waals surface area contributed by atoms with Gasteiger partial charge >= 0.3 is 0 Å². The summed E-state index contributed by atoms with van der Waals surface area (Å²) in [5.74, 6) is 3.25. The fourth-order valence-corrected chi connectivity index (χ4v) is 7.67. The van der Waals surface area contributed by atoms with E-state index in [2.05, 4.69) is 76.5 Å². The molecule has 6 rings (SSSR count). The van der Waals surface area contributed by atoms with E-state index in [1.54, 1.807) is 11.8 Å². The molecule has 1 radical (unpaired) electrons. The second-order valence-corrected chi connectivity index (χ2v) is 15.5. The molecule has 225 valence electrons. The summed E-state index contributed by atoms with van der Waals surface area (Å²) in [7, 11) is 0. The number of aromatic nitrogens is 2. The number of oxazole rings is 1. The van der Waals surface area contributed by atoms with E-state index in [-0.39, 0.29) is 17.2 Å². The van der Waals surface area contributed by atoms with Gasteiger partial charge in [-0.15, -0.1) is 11.8 Å². The number of likely N-dealkylation sites (tertiary alicyclic amines) is 2. The fraction of sp³-hybridized carbons (Fsp3) is 0.576. The maximum absolute atomic E-state index is 13.0. The first-order chi connectivity index (χ1) is 20.3. The largest absolute Gasteiger partial charge is 0.444 e. The lowest BCUT2D eigenvalue weighted by molar-refractivity contribution is -0.121. The fourth-order valence-electron chi connectivity index (χ4n) is 5.94. The zero-order valence-corrected chi connectivity index (χ0v) is 26.8. The number of hydrogen-bond acceptors (Lipinski definition) is 8. The Morgan fingerprint density at radius 2 is 1.76 bits per heavy atom. The third-order valence-electron chi connectivity index (χ3n) is 8.76. The highest BCUT2D eigenvalue weighted by atomic mass is 32.2. The number of carbonyl (C=O) groups is 1. The van der Waals surface area contributed by atoms with E-state index < -0.39 is 0 Å². The molecule has 0 bridgehead atoms. The average molecular weight is 607 g/mol. The second-order valence-electron chi connectivity index (χ2n) is 13.2. The van der Waals surface area contributed by atoms with Crippen LogP contribution in [0.3, 0.4) is 0 Å². The lowest BCUT2D eigenvalue weighted by Crippen LogP contribution is -2.48. The quantitative estimate of drug-likeness (QED) is 0.249. The number of amides is 1. The van der Waals surface area contributed by atoms with Crippen molar-refractivity contribution in [2.45, 2.75) is 87.3 Å². The zero-order valence-electron chi connectivity index (χ0n) is 25.2. The number of hydrogen-bond donors (Lipinski definition) is 1. The van der Waals surface area contributed by atoms with Crippen molar-refractivity contribution < 1.29 is 9.21 Å². The van der Waals surface area contributed by atoms with Crippen LogP contribution in [0.1, 0.15) is 82.1 Å². The van der Waals surface area contributed by atoms with E-state index in [0.717, 1.165) is 61.5 Å². The van der Waals surface area contributed by atoms with E-state index in [1.165, 1.54) is 48.1 Å². The van der Waals surface area contributed by atoms with E-state index in [9.17, 15) is 4.79 Å². The molecule has 1 amide bonds. The summed E-state index contributed by atoms with van der Waals surface area (Å²) in [6, 6.07) is 9.83. The Morgan fingerprint density at radius 3 is 2.43 bits per heavy atom. The highest BCUT2D eigenvalue weighted by Gasteiger charge is 2.31. The van der Waals surface area contributed by atoms with Gasteiger partial charge in [-0.3, -0.25) is 9.69 Å². The second kappa shape index (κ2) is 13.2. The average Bonchev–Trinajstić information content (AvgIpc) is 3.46. The van der Waals surface area contributed by atoms with Gasteiger partial charge in [0.25, 0.3) is 0 Å². The summed E-state index contributed by atoms with van der Waals surface area (Å²) in [5.41, 5.74) is 2.75. The number of nitrogens with zero attached hydrogens (tertiary/aromatic N) is 4. The first-order valence-electron chi connectivity index (χ1n) is 15.5. The number of carbonyl (C=O) groups excluding carboxylic acids is 1. The smallest absolute Gasteiger partial charge is 0.229 e. The Bertz CT molecular complexity index is 1310.